The molecule has 0 spiro atoms. The van der Waals surface area contributed by atoms with E-state index in [0.717, 1.165) is 18.8 Å². The summed E-state index contributed by atoms with van der Waals surface area (Å²) in [6, 6.07) is 5.35. The molecular weight excluding hydrogens is 152 g/mol. The van der Waals surface area contributed by atoms with E-state index < -0.39 is 0 Å². The van der Waals surface area contributed by atoms with Gasteiger partial charge in [0.15, 0.2) is 0 Å². The van der Waals surface area contributed by atoms with Crippen molar-refractivity contribution >= 4 is 0 Å². The zero-order valence-electron chi connectivity index (χ0n) is 7.08. The lowest BCUT2D eigenvalue weighted by Gasteiger charge is -2.02. The normalized spacial score (nSPS) is 20.2. The molecule has 0 unspecified atom stereocenters. The molecule has 1 heterocycles. The number of ether oxygens (including phenoxy) is 1. The first-order valence-corrected chi connectivity index (χ1v) is 4.27. The van der Waals surface area contributed by atoms with Crippen molar-refractivity contribution in [2.45, 2.75) is 19.3 Å². The molecule has 0 fully saturated rings. The predicted molar refractivity (Wildman–Crippen MR) is 46.6 cm³/mol. The monoisotopic (exact) mass is 164 g/mol. The molecule has 0 saturated carbocycles. The quantitative estimate of drug-likeness (QED) is 0.690. The van der Waals surface area contributed by atoms with Gasteiger partial charge >= 0.3 is 0 Å². The van der Waals surface area contributed by atoms with Crippen LogP contribution in [0.25, 0.3) is 0 Å². The number of hydrogen-bond donors (Lipinski definition) is 1. The highest BCUT2D eigenvalue weighted by Gasteiger charge is 2.22. The van der Waals surface area contributed by atoms with Crippen LogP contribution in [0, 0.1) is 0 Å². The molecular formula is C10H12O2. The van der Waals surface area contributed by atoms with Crippen LogP contribution in [0.15, 0.2) is 18.2 Å². The molecule has 12 heavy (non-hydrogen) atoms. The summed E-state index contributed by atoms with van der Waals surface area (Å²) in [6.45, 7) is 2.91. The molecule has 2 rings (SSSR count). The lowest BCUT2D eigenvalue weighted by Crippen LogP contribution is -1.97. The van der Waals surface area contributed by atoms with E-state index in [1.165, 1.54) is 5.56 Å². The van der Waals surface area contributed by atoms with Crippen molar-refractivity contribution < 1.29 is 9.84 Å². The first kappa shape index (κ1) is 7.47. The van der Waals surface area contributed by atoms with Crippen LogP contribution in [0.4, 0.5) is 0 Å². The molecule has 1 aromatic carbocycles. The third kappa shape index (κ3) is 1.04. The Morgan fingerprint density at radius 2 is 2.42 bits per heavy atom. The van der Waals surface area contributed by atoms with Crippen molar-refractivity contribution in [3.63, 3.8) is 0 Å². The largest absolute Gasteiger partial charge is 0.508 e. The Labute approximate surface area is 71.8 Å². The highest BCUT2D eigenvalue weighted by molar-refractivity contribution is 5.44. The van der Waals surface area contributed by atoms with Crippen LogP contribution in [0.2, 0.25) is 0 Å². The fraction of sp³-hybridized carbons (Fsp3) is 0.400. The Balaban J connectivity index is 2.40. The van der Waals surface area contributed by atoms with Gasteiger partial charge in [-0.15, -0.1) is 0 Å². The number of rotatable bonds is 1. The van der Waals surface area contributed by atoms with E-state index in [1.807, 2.05) is 6.07 Å². The highest BCUT2D eigenvalue weighted by atomic mass is 16.5. The Morgan fingerprint density at radius 3 is 3.17 bits per heavy atom. The molecule has 2 nitrogen and oxygen atoms in total. The van der Waals surface area contributed by atoms with Crippen molar-refractivity contribution in [2.75, 3.05) is 6.61 Å². The number of hydrogen-bond acceptors (Lipinski definition) is 2. The molecule has 1 aliphatic rings. The summed E-state index contributed by atoms with van der Waals surface area (Å²) >= 11 is 0. The average molecular weight is 164 g/mol. The van der Waals surface area contributed by atoms with Gasteiger partial charge in [-0.05, 0) is 12.5 Å². The van der Waals surface area contributed by atoms with Crippen LogP contribution in [-0.4, -0.2) is 11.7 Å². The smallest absolute Gasteiger partial charge is 0.126 e. The lowest BCUT2D eigenvalue weighted by molar-refractivity contribution is 0.327. The van der Waals surface area contributed by atoms with Crippen LogP contribution in [0.3, 0.4) is 0 Å². The van der Waals surface area contributed by atoms with E-state index in [0.29, 0.717) is 5.92 Å². The van der Waals surface area contributed by atoms with E-state index in [9.17, 15) is 5.11 Å². The van der Waals surface area contributed by atoms with Gasteiger partial charge in [0.2, 0.25) is 0 Å². The Hall–Kier alpha value is -1.18. The summed E-state index contributed by atoms with van der Waals surface area (Å²) < 4.78 is 5.42. The SMILES string of the molecule is CC[C@@H]1COc2cc(O)ccc21. The average Bonchev–Trinajstić information content (AvgIpc) is 2.46. The molecule has 0 saturated heterocycles. The number of phenolic OH excluding ortho intramolecular Hbond substituents is 1. The minimum atomic E-state index is 0.283. The van der Waals surface area contributed by atoms with Crippen LogP contribution < -0.4 is 4.74 Å². The van der Waals surface area contributed by atoms with Gasteiger partial charge in [-0.3, -0.25) is 0 Å². The fourth-order valence-corrected chi connectivity index (χ4v) is 1.60. The van der Waals surface area contributed by atoms with Gasteiger partial charge in [-0.2, -0.15) is 0 Å². The summed E-state index contributed by atoms with van der Waals surface area (Å²) in [4.78, 5) is 0. The third-order valence-corrected chi connectivity index (χ3v) is 2.37. The summed E-state index contributed by atoms with van der Waals surface area (Å²) in [6.07, 6.45) is 1.10. The fourth-order valence-electron chi connectivity index (χ4n) is 1.60. The second-order valence-corrected chi connectivity index (χ2v) is 3.14. The van der Waals surface area contributed by atoms with Crippen LogP contribution >= 0.6 is 0 Å². The zero-order valence-corrected chi connectivity index (χ0v) is 7.08. The van der Waals surface area contributed by atoms with Crippen LogP contribution in [0.5, 0.6) is 11.5 Å². The molecule has 0 bridgehead atoms. The topological polar surface area (TPSA) is 29.5 Å². The predicted octanol–water partition coefficient (Wildman–Crippen LogP) is 2.28. The highest BCUT2D eigenvalue weighted by Crippen LogP contribution is 2.37. The third-order valence-electron chi connectivity index (χ3n) is 2.37. The van der Waals surface area contributed by atoms with Crippen molar-refractivity contribution in [3.05, 3.63) is 23.8 Å². The van der Waals surface area contributed by atoms with E-state index in [4.69, 9.17) is 4.74 Å². The van der Waals surface area contributed by atoms with E-state index >= 15 is 0 Å². The van der Waals surface area contributed by atoms with Crippen molar-refractivity contribution in [1.29, 1.82) is 0 Å². The van der Waals surface area contributed by atoms with Gasteiger partial charge in [0.1, 0.15) is 11.5 Å². The second kappa shape index (κ2) is 2.70. The Bertz CT molecular complexity index is 294. The number of aromatic hydroxyl groups is 1. The summed E-state index contributed by atoms with van der Waals surface area (Å²) in [5, 5.41) is 9.18. The molecule has 2 heteroatoms. The minimum Gasteiger partial charge on any atom is -0.508 e. The van der Waals surface area contributed by atoms with Gasteiger partial charge < -0.3 is 9.84 Å². The number of fused-ring (bicyclic) bond motifs is 1. The maximum absolute atomic E-state index is 9.18. The molecule has 0 aromatic heterocycles. The number of phenols is 1. The lowest BCUT2D eigenvalue weighted by atomic mass is 9.99. The van der Waals surface area contributed by atoms with Crippen molar-refractivity contribution in [1.82, 2.24) is 0 Å². The molecule has 0 radical (unpaired) electrons. The first-order chi connectivity index (χ1) is 5.81. The summed E-state index contributed by atoms with van der Waals surface area (Å²) in [7, 11) is 0. The van der Waals surface area contributed by atoms with Crippen LogP contribution in [-0.2, 0) is 0 Å². The van der Waals surface area contributed by atoms with Gasteiger partial charge in [-0.25, -0.2) is 0 Å². The first-order valence-electron chi connectivity index (χ1n) is 4.27. The molecule has 64 valence electrons. The summed E-state index contributed by atoms with van der Waals surface area (Å²) in [5.74, 6) is 1.65. The maximum Gasteiger partial charge on any atom is 0.126 e. The van der Waals surface area contributed by atoms with Crippen LogP contribution in [0.1, 0.15) is 24.8 Å². The zero-order chi connectivity index (χ0) is 8.55. The van der Waals surface area contributed by atoms with Gasteiger partial charge in [0, 0.05) is 17.5 Å². The molecule has 0 amide bonds. The van der Waals surface area contributed by atoms with Crippen molar-refractivity contribution in [2.24, 2.45) is 0 Å². The van der Waals surface area contributed by atoms with E-state index in [1.54, 1.807) is 12.1 Å². The van der Waals surface area contributed by atoms with Gasteiger partial charge in [0.25, 0.3) is 0 Å². The molecule has 0 aliphatic carbocycles. The minimum absolute atomic E-state index is 0.283. The van der Waals surface area contributed by atoms with Gasteiger partial charge in [0.05, 0.1) is 6.61 Å². The van der Waals surface area contributed by atoms with E-state index in [-0.39, 0.29) is 5.75 Å². The molecule has 1 aliphatic heterocycles. The Kier molecular flexibility index (Phi) is 1.68. The maximum atomic E-state index is 9.18. The Morgan fingerprint density at radius 1 is 1.58 bits per heavy atom. The number of benzene rings is 1. The van der Waals surface area contributed by atoms with E-state index in [2.05, 4.69) is 6.92 Å². The second-order valence-electron chi connectivity index (χ2n) is 3.14. The van der Waals surface area contributed by atoms with Crippen molar-refractivity contribution in [3.8, 4) is 11.5 Å². The molecule has 1 aromatic rings. The molecule has 1 N–H and O–H groups in total. The standard InChI is InChI=1S/C10H12O2/c1-2-7-6-12-10-5-8(11)3-4-9(7)10/h3-5,7,11H,2,6H2,1H3/t7-/m1/s1. The van der Waals surface area contributed by atoms with Gasteiger partial charge in [-0.1, -0.05) is 13.0 Å². The summed E-state index contributed by atoms with van der Waals surface area (Å²) in [5.41, 5.74) is 1.23. The molecule has 1 atom stereocenters.